The molecule has 2 nitrogen and oxygen atoms in total. The molecule has 0 unspecified atom stereocenters. The standard InChI is InChI=1S/C60H48N2/c1-59(2)52-26-13-12-22-50(52)56-51(25-15-27-53(56)59)55(62-37-38-16-6-5-7-17-38)36-54(61)47-35-34-42(45-20-10-11-21-46(45)47)40-28-30-41(31-29-40)44-23-14-24-48-49-33-32-39-18-8-9-19-43(39)58(49)60(3,4)57(44)48/h5-36H,37,61H2,1-4H3/b54-36-,62-55?. The lowest BCUT2D eigenvalue weighted by atomic mass is 9.77. The van der Waals surface area contributed by atoms with E-state index in [0.717, 1.165) is 33.2 Å². The highest BCUT2D eigenvalue weighted by atomic mass is 14.7. The first-order chi connectivity index (χ1) is 30.2. The molecule has 0 heterocycles. The number of allylic oxidation sites excluding steroid dienone is 1. The molecule has 0 bridgehead atoms. The second kappa shape index (κ2) is 14.4. The third-order valence-corrected chi connectivity index (χ3v) is 13.7. The van der Waals surface area contributed by atoms with E-state index < -0.39 is 0 Å². The van der Waals surface area contributed by atoms with Crippen LogP contribution in [0, 0.1) is 0 Å². The maximum absolute atomic E-state index is 7.24. The van der Waals surface area contributed by atoms with Gasteiger partial charge in [0.05, 0.1) is 12.3 Å². The molecule has 11 rings (SSSR count). The Hall–Kier alpha value is -7.29. The van der Waals surface area contributed by atoms with Crippen molar-refractivity contribution in [3.05, 3.63) is 233 Å². The average Bonchev–Trinajstić information content (AvgIpc) is 3.70. The van der Waals surface area contributed by atoms with Crippen LogP contribution in [0.4, 0.5) is 0 Å². The minimum absolute atomic E-state index is 0.120. The number of hydrogen-bond acceptors (Lipinski definition) is 2. The molecule has 0 amide bonds. The molecule has 0 atom stereocenters. The molecular formula is C60H48N2. The summed E-state index contributed by atoms with van der Waals surface area (Å²) >= 11 is 0. The van der Waals surface area contributed by atoms with E-state index >= 15 is 0 Å². The Morgan fingerprint density at radius 1 is 0.452 bits per heavy atom. The molecule has 0 aromatic heterocycles. The summed E-state index contributed by atoms with van der Waals surface area (Å²) in [7, 11) is 0. The molecule has 298 valence electrons. The van der Waals surface area contributed by atoms with Crippen LogP contribution in [0.25, 0.3) is 71.7 Å². The van der Waals surface area contributed by atoms with Crippen LogP contribution >= 0.6 is 0 Å². The summed E-state index contributed by atoms with van der Waals surface area (Å²) in [4.78, 5) is 5.32. The van der Waals surface area contributed by atoms with Gasteiger partial charge in [0.2, 0.25) is 0 Å². The van der Waals surface area contributed by atoms with Gasteiger partial charge in [0.25, 0.3) is 0 Å². The van der Waals surface area contributed by atoms with E-state index in [2.05, 4.69) is 216 Å². The fraction of sp³-hybridized carbons (Fsp3) is 0.117. The smallest absolute Gasteiger partial charge is 0.0677 e. The van der Waals surface area contributed by atoms with E-state index in [0.29, 0.717) is 12.2 Å². The van der Waals surface area contributed by atoms with Crippen LogP contribution in [0.5, 0.6) is 0 Å². The Labute approximate surface area is 364 Å². The van der Waals surface area contributed by atoms with Gasteiger partial charge in [0, 0.05) is 27.7 Å². The first kappa shape index (κ1) is 37.7. The third kappa shape index (κ3) is 5.89. The lowest BCUT2D eigenvalue weighted by Gasteiger charge is -2.26. The summed E-state index contributed by atoms with van der Waals surface area (Å²) in [5, 5.41) is 4.91. The second-order valence-electron chi connectivity index (χ2n) is 18.0. The molecule has 2 N–H and O–H groups in total. The number of hydrogen-bond donors (Lipinski definition) is 1. The molecule has 0 saturated heterocycles. The summed E-state index contributed by atoms with van der Waals surface area (Å²) in [5.41, 5.74) is 27.3. The number of aliphatic imine (C=N–C) groups is 1. The summed E-state index contributed by atoms with van der Waals surface area (Å²) < 4.78 is 0. The molecule has 0 spiro atoms. The van der Waals surface area contributed by atoms with E-state index in [1.165, 1.54) is 77.5 Å². The molecule has 0 fully saturated rings. The topological polar surface area (TPSA) is 38.4 Å². The normalized spacial score (nSPS) is 14.7. The van der Waals surface area contributed by atoms with Crippen molar-refractivity contribution in [2.75, 3.05) is 0 Å². The average molecular weight is 797 g/mol. The second-order valence-corrected chi connectivity index (χ2v) is 18.0. The largest absolute Gasteiger partial charge is 0.398 e. The molecule has 2 heteroatoms. The number of benzene rings is 9. The van der Waals surface area contributed by atoms with Crippen molar-refractivity contribution in [1.82, 2.24) is 0 Å². The summed E-state index contributed by atoms with van der Waals surface area (Å²) in [5.74, 6) is 0. The Bertz CT molecular complexity index is 3310. The summed E-state index contributed by atoms with van der Waals surface area (Å²) in [6.07, 6.45) is 2.10. The number of nitrogens with two attached hydrogens (primary N) is 1. The summed E-state index contributed by atoms with van der Waals surface area (Å²) in [6, 6.07) is 68.4. The van der Waals surface area contributed by atoms with Gasteiger partial charge in [0.1, 0.15) is 0 Å². The molecule has 9 aromatic rings. The molecule has 9 aromatic carbocycles. The van der Waals surface area contributed by atoms with Gasteiger partial charge in [-0.25, -0.2) is 0 Å². The first-order valence-electron chi connectivity index (χ1n) is 21.8. The Kier molecular flexibility index (Phi) is 8.77. The van der Waals surface area contributed by atoms with E-state index in [1.807, 2.05) is 6.07 Å². The zero-order valence-corrected chi connectivity index (χ0v) is 35.7. The van der Waals surface area contributed by atoms with Crippen molar-refractivity contribution in [3.8, 4) is 44.5 Å². The number of fused-ring (bicyclic) bond motifs is 9. The van der Waals surface area contributed by atoms with Crippen LogP contribution < -0.4 is 5.73 Å². The minimum Gasteiger partial charge on any atom is -0.398 e. The molecule has 2 aliphatic rings. The Morgan fingerprint density at radius 2 is 1.05 bits per heavy atom. The molecule has 2 aliphatic carbocycles. The zero-order chi connectivity index (χ0) is 42.2. The van der Waals surface area contributed by atoms with Gasteiger partial charge >= 0.3 is 0 Å². The van der Waals surface area contributed by atoms with Gasteiger partial charge < -0.3 is 5.73 Å². The van der Waals surface area contributed by atoms with E-state index in [4.69, 9.17) is 10.7 Å². The maximum Gasteiger partial charge on any atom is 0.0677 e. The molecule has 0 aliphatic heterocycles. The monoisotopic (exact) mass is 796 g/mol. The van der Waals surface area contributed by atoms with Crippen LogP contribution in [-0.2, 0) is 17.4 Å². The van der Waals surface area contributed by atoms with Crippen LogP contribution in [0.1, 0.15) is 66.6 Å². The van der Waals surface area contributed by atoms with Crippen molar-refractivity contribution in [1.29, 1.82) is 0 Å². The molecule has 62 heavy (non-hydrogen) atoms. The lowest BCUT2D eigenvalue weighted by Crippen LogP contribution is -2.16. The lowest BCUT2D eigenvalue weighted by molar-refractivity contribution is 0.660. The number of rotatable bonds is 7. The van der Waals surface area contributed by atoms with Gasteiger partial charge in [-0.3, -0.25) is 4.99 Å². The fourth-order valence-corrected chi connectivity index (χ4v) is 10.8. The van der Waals surface area contributed by atoms with Crippen LogP contribution in [-0.4, -0.2) is 5.71 Å². The van der Waals surface area contributed by atoms with Crippen molar-refractivity contribution in [2.24, 2.45) is 10.7 Å². The van der Waals surface area contributed by atoms with Gasteiger partial charge in [-0.1, -0.05) is 216 Å². The molecule has 0 radical (unpaired) electrons. The maximum atomic E-state index is 7.24. The highest BCUT2D eigenvalue weighted by Gasteiger charge is 2.39. The summed E-state index contributed by atoms with van der Waals surface area (Å²) in [6.45, 7) is 9.97. The van der Waals surface area contributed by atoms with Crippen LogP contribution in [0.2, 0.25) is 0 Å². The SMILES string of the molecule is CC1(C)c2ccccc2-c2c(C(/C=C(\N)c3ccc(-c4ccc(-c5cccc6c5C(C)(C)c5c-6ccc6ccccc56)cc4)c4ccccc34)=NCc3ccccc3)cccc21. The molecule has 0 saturated carbocycles. The quantitative estimate of drug-likeness (QED) is 0.160. The van der Waals surface area contributed by atoms with Crippen LogP contribution in [0.3, 0.4) is 0 Å². The molecular weight excluding hydrogens is 749 g/mol. The highest BCUT2D eigenvalue weighted by molar-refractivity contribution is 6.17. The first-order valence-corrected chi connectivity index (χ1v) is 21.8. The third-order valence-electron chi connectivity index (χ3n) is 13.7. The van der Waals surface area contributed by atoms with Gasteiger partial charge in [-0.05, 0) is 99.9 Å². The predicted molar refractivity (Wildman–Crippen MR) is 263 cm³/mol. The zero-order valence-electron chi connectivity index (χ0n) is 35.7. The fourth-order valence-electron chi connectivity index (χ4n) is 10.8. The number of nitrogens with zero attached hydrogens (tertiary/aromatic N) is 1. The van der Waals surface area contributed by atoms with Gasteiger partial charge in [0.15, 0.2) is 0 Å². The van der Waals surface area contributed by atoms with Crippen molar-refractivity contribution in [2.45, 2.75) is 45.1 Å². The predicted octanol–water partition coefficient (Wildman–Crippen LogP) is 14.9. The van der Waals surface area contributed by atoms with Gasteiger partial charge in [-0.2, -0.15) is 0 Å². The Balaban J connectivity index is 0.979. The van der Waals surface area contributed by atoms with Crippen molar-refractivity contribution >= 4 is 33.0 Å². The van der Waals surface area contributed by atoms with Crippen molar-refractivity contribution < 1.29 is 0 Å². The minimum atomic E-state index is -0.145. The highest BCUT2D eigenvalue weighted by Crippen LogP contribution is 2.54. The van der Waals surface area contributed by atoms with Crippen LogP contribution in [0.15, 0.2) is 199 Å². The van der Waals surface area contributed by atoms with E-state index in [-0.39, 0.29) is 10.8 Å². The van der Waals surface area contributed by atoms with E-state index in [9.17, 15) is 0 Å². The van der Waals surface area contributed by atoms with Gasteiger partial charge in [-0.15, -0.1) is 0 Å². The van der Waals surface area contributed by atoms with E-state index in [1.54, 1.807) is 0 Å². The Morgan fingerprint density at radius 3 is 1.85 bits per heavy atom. The van der Waals surface area contributed by atoms with Crippen molar-refractivity contribution in [3.63, 3.8) is 0 Å².